The number of hydrogen-bond donors (Lipinski definition) is 1. The van der Waals surface area contributed by atoms with Crippen molar-refractivity contribution in [2.24, 2.45) is 5.92 Å². The molecule has 1 fully saturated rings. The van der Waals surface area contributed by atoms with Crippen molar-refractivity contribution < 1.29 is 4.79 Å². The van der Waals surface area contributed by atoms with Gasteiger partial charge >= 0.3 is 6.03 Å². The summed E-state index contributed by atoms with van der Waals surface area (Å²) < 4.78 is 2.33. The summed E-state index contributed by atoms with van der Waals surface area (Å²) in [4.78, 5) is 19.0. The van der Waals surface area contributed by atoms with E-state index >= 15 is 0 Å². The van der Waals surface area contributed by atoms with Crippen LogP contribution in [0.5, 0.6) is 0 Å². The van der Waals surface area contributed by atoms with Crippen LogP contribution in [0.15, 0.2) is 6.20 Å². The first kappa shape index (κ1) is 17.8. The Morgan fingerprint density at radius 2 is 2.17 bits per heavy atom. The molecule has 1 saturated heterocycles. The quantitative estimate of drug-likeness (QED) is 0.925. The summed E-state index contributed by atoms with van der Waals surface area (Å²) in [6.07, 6.45) is 6.31. The van der Waals surface area contributed by atoms with Gasteiger partial charge in [0.2, 0.25) is 0 Å². The van der Waals surface area contributed by atoms with Crippen molar-refractivity contribution in [3.05, 3.63) is 17.7 Å². The molecule has 1 atom stereocenters. The average molecular weight is 320 g/mol. The summed E-state index contributed by atoms with van der Waals surface area (Å²) in [5, 5.41) is 3.08. The fourth-order valence-electron chi connectivity index (χ4n) is 3.28. The smallest absolute Gasteiger partial charge is 0.317 e. The van der Waals surface area contributed by atoms with Crippen molar-refractivity contribution in [2.75, 3.05) is 13.1 Å². The zero-order chi connectivity index (χ0) is 17.0. The maximum Gasteiger partial charge on any atom is 0.317 e. The van der Waals surface area contributed by atoms with Gasteiger partial charge in [0.15, 0.2) is 0 Å². The van der Waals surface area contributed by atoms with E-state index in [-0.39, 0.29) is 11.6 Å². The molecular weight excluding hydrogens is 288 g/mol. The minimum atomic E-state index is -0.182. The van der Waals surface area contributed by atoms with Gasteiger partial charge in [-0.1, -0.05) is 6.92 Å². The SMILES string of the molecule is CCCn1c(C)cnc1CC1CCCN(C(=O)NC(C)(C)C)C1. The summed E-state index contributed by atoms with van der Waals surface area (Å²) in [5.41, 5.74) is 1.05. The highest BCUT2D eigenvalue weighted by molar-refractivity contribution is 5.75. The fraction of sp³-hybridized carbons (Fsp3) is 0.778. The second-order valence-electron chi connectivity index (χ2n) is 7.81. The molecule has 0 spiro atoms. The average Bonchev–Trinajstić information content (AvgIpc) is 2.79. The van der Waals surface area contributed by atoms with E-state index in [1.54, 1.807) is 0 Å². The minimum absolute atomic E-state index is 0.0651. The predicted molar refractivity (Wildman–Crippen MR) is 93.5 cm³/mol. The van der Waals surface area contributed by atoms with Crippen LogP contribution in [0, 0.1) is 12.8 Å². The number of likely N-dealkylation sites (tertiary alicyclic amines) is 1. The standard InChI is InChI=1S/C18H32N4O/c1-6-9-22-14(2)12-19-16(22)11-15-8-7-10-21(13-15)17(23)20-18(3,4)5/h12,15H,6-11,13H2,1-5H3,(H,20,23). The molecule has 1 aliphatic heterocycles. The van der Waals surface area contributed by atoms with Gasteiger partial charge in [0.05, 0.1) is 0 Å². The number of nitrogens with zero attached hydrogens (tertiary/aromatic N) is 3. The molecule has 5 nitrogen and oxygen atoms in total. The van der Waals surface area contributed by atoms with Crippen LogP contribution >= 0.6 is 0 Å². The van der Waals surface area contributed by atoms with Crippen LogP contribution in [0.1, 0.15) is 58.5 Å². The van der Waals surface area contributed by atoms with Gasteiger partial charge in [-0.25, -0.2) is 9.78 Å². The molecular formula is C18H32N4O. The van der Waals surface area contributed by atoms with E-state index in [0.29, 0.717) is 5.92 Å². The Bertz CT molecular complexity index is 530. The lowest BCUT2D eigenvalue weighted by Crippen LogP contribution is -2.51. The van der Waals surface area contributed by atoms with Gasteiger partial charge in [-0.05, 0) is 52.9 Å². The third-order valence-electron chi connectivity index (χ3n) is 4.34. The highest BCUT2D eigenvalue weighted by Gasteiger charge is 2.27. The second-order valence-corrected chi connectivity index (χ2v) is 7.81. The van der Waals surface area contributed by atoms with Gasteiger partial charge in [0, 0.05) is 43.5 Å². The fourth-order valence-corrected chi connectivity index (χ4v) is 3.28. The third-order valence-corrected chi connectivity index (χ3v) is 4.34. The van der Waals surface area contributed by atoms with E-state index in [2.05, 4.69) is 28.7 Å². The Hall–Kier alpha value is -1.52. The van der Waals surface area contributed by atoms with E-state index in [1.165, 1.54) is 17.9 Å². The number of hydrogen-bond acceptors (Lipinski definition) is 2. The topological polar surface area (TPSA) is 50.2 Å². The van der Waals surface area contributed by atoms with Crippen molar-refractivity contribution >= 4 is 6.03 Å². The normalized spacial score (nSPS) is 19.0. The molecule has 1 N–H and O–H groups in total. The number of nitrogens with one attached hydrogen (secondary N) is 1. The van der Waals surface area contributed by atoms with Crippen LogP contribution in [0.2, 0.25) is 0 Å². The maximum atomic E-state index is 12.4. The Balaban J connectivity index is 1.98. The van der Waals surface area contributed by atoms with Gasteiger partial charge in [0.1, 0.15) is 5.82 Å². The number of imidazole rings is 1. The molecule has 0 saturated carbocycles. The summed E-state index contributed by atoms with van der Waals surface area (Å²) in [5.74, 6) is 1.68. The van der Waals surface area contributed by atoms with E-state index in [4.69, 9.17) is 0 Å². The van der Waals surface area contributed by atoms with Crippen LogP contribution < -0.4 is 5.32 Å². The molecule has 1 aliphatic rings. The van der Waals surface area contributed by atoms with Crippen LogP contribution in [0.3, 0.4) is 0 Å². The highest BCUT2D eigenvalue weighted by atomic mass is 16.2. The summed E-state index contributed by atoms with van der Waals surface area (Å²) in [6, 6.07) is 0.0651. The molecule has 5 heteroatoms. The third kappa shape index (κ3) is 4.98. The number of aryl methyl sites for hydroxylation is 1. The van der Waals surface area contributed by atoms with Crippen LogP contribution in [-0.2, 0) is 13.0 Å². The monoisotopic (exact) mass is 320 g/mol. The zero-order valence-corrected chi connectivity index (χ0v) is 15.4. The van der Waals surface area contributed by atoms with Crippen molar-refractivity contribution in [3.8, 4) is 0 Å². The Morgan fingerprint density at radius 1 is 1.43 bits per heavy atom. The molecule has 0 aliphatic carbocycles. The van der Waals surface area contributed by atoms with Gasteiger partial charge in [-0.15, -0.1) is 0 Å². The summed E-state index contributed by atoms with van der Waals surface area (Å²) in [6.45, 7) is 13.1. The Kier molecular flexibility index (Phi) is 5.71. The lowest BCUT2D eigenvalue weighted by molar-refractivity contribution is 0.157. The molecule has 1 unspecified atom stereocenters. The largest absolute Gasteiger partial charge is 0.333 e. The first-order valence-electron chi connectivity index (χ1n) is 8.88. The van der Waals surface area contributed by atoms with Crippen LogP contribution in [0.4, 0.5) is 4.79 Å². The van der Waals surface area contributed by atoms with Crippen molar-refractivity contribution in [2.45, 2.75) is 72.4 Å². The van der Waals surface area contributed by atoms with E-state index in [1.807, 2.05) is 31.9 Å². The van der Waals surface area contributed by atoms with E-state index in [9.17, 15) is 4.79 Å². The molecule has 0 radical (unpaired) electrons. The van der Waals surface area contributed by atoms with Gasteiger partial charge in [0.25, 0.3) is 0 Å². The van der Waals surface area contributed by atoms with Crippen LogP contribution in [-0.4, -0.2) is 39.1 Å². The second kappa shape index (κ2) is 7.37. The molecule has 2 amide bonds. The minimum Gasteiger partial charge on any atom is -0.333 e. The van der Waals surface area contributed by atoms with E-state index < -0.39 is 0 Å². The number of carbonyl (C=O) groups is 1. The summed E-state index contributed by atoms with van der Waals surface area (Å²) in [7, 11) is 0. The first-order chi connectivity index (χ1) is 10.8. The van der Waals surface area contributed by atoms with Gasteiger partial charge in [-0.3, -0.25) is 0 Å². The molecule has 1 aromatic rings. The number of piperidine rings is 1. The van der Waals surface area contributed by atoms with Crippen LogP contribution in [0.25, 0.3) is 0 Å². The number of rotatable bonds is 4. The molecule has 2 heterocycles. The summed E-state index contributed by atoms with van der Waals surface area (Å²) >= 11 is 0. The zero-order valence-electron chi connectivity index (χ0n) is 15.4. The van der Waals surface area contributed by atoms with Crippen molar-refractivity contribution in [3.63, 3.8) is 0 Å². The van der Waals surface area contributed by atoms with E-state index in [0.717, 1.165) is 38.9 Å². The van der Waals surface area contributed by atoms with Gasteiger partial charge < -0.3 is 14.8 Å². The molecule has 0 aromatic carbocycles. The Morgan fingerprint density at radius 3 is 2.83 bits per heavy atom. The lowest BCUT2D eigenvalue weighted by Gasteiger charge is -2.35. The molecule has 2 rings (SSSR count). The molecule has 130 valence electrons. The molecule has 1 aromatic heterocycles. The number of aromatic nitrogens is 2. The number of carbonyl (C=O) groups excluding carboxylic acids is 1. The lowest BCUT2D eigenvalue weighted by atomic mass is 9.94. The molecule has 0 bridgehead atoms. The van der Waals surface area contributed by atoms with Gasteiger partial charge in [-0.2, -0.15) is 0 Å². The maximum absolute atomic E-state index is 12.4. The number of amides is 2. The number of urea groups is 1. The van der Waals surface area contributed by atoms with Crippen molar-refractivity contribution in [1.29, 1.82) is 0 Å². The first-order valence-corrected chi connectivity index (χ1v) is 8.88. The predicted octanol–water partition coefficient (Wildman–Crippen LogP) is 3.36. The Labute approximate surface area is 140 Å². The van der Waals surface area contributed by atoms with Crippen molar-refractivity contribution in [1.82, 2.24) is 19.8 Å². The highest BCUT2D eigenvalue weighted by Crippen LogP contribution is 2.21. The molecule has 23 heavy (non-hydrogen) atoms.